The number of hydrogen-bond acceptors (Lipinski definition) is 7. The summed E-state index contributed by atoms with van der Waals surface area (Å²) in [6, 6.07) is 8.10. The van der Waals surface area contributed by atoms with Crippen LogP contribution in [0.3, 0.4) is 0 Å². The lowest BCUT2D eigenvalue weighted by Crippen LogP contribution is -2.31. The summed E-state index contributed by atoms with van der Waals surface area (Å²) in [6.45, 7) is 4.14. The number of aryl methyl sites for hydroxylation is 1. The maximum atomic E-state index is 12.5. The summed E-state index contributed by atoms with van der Waals surface area (Å²) in [7, 11) is 2.16. The quantitative estimate of drug-likeness (QED) is 0.365. The molecule has 37 heavy (non-hydrogen) atoms. The molecule has 194 valence electrons. The molecule has 3 aromatic rings. The van der Waals surface area contributed by atoms with Crippen molar-refractivity contribution in [3.05, 3.63) is 60.1 Å². The smallest absolute Gasteiger partial charge is 0.248 e. The van der Waals surface area contributed by atoms with Crippen molar-refractivity contribution in [1.29, 1.82) is 0 Å². The maximum absolute atomic E-state index is 12.5. The molecule has 0 bridgehead atoms. The van der Waals surface area contributed by atoms with Gasteiger partial charge in [-0.3, -0.25) is 9.48 Å². The second-order valence-corrected chi connectivity index (χ2v) is 10.2. The first-order chi connectivity index (χ1) is 18.0. The van der Waals surface area contributed by atoms with Crippen LogP contribution in [-0.2, 0) is 4.79 Å². The normalized spacial score (nSPS) is 16.9. The number of carbonyl (C=O) groups is 1. The summed E-state index contributed by atoms with van der Waals surface area (Å²) < 4.78 is 2.05. The summed E-state index contributed by atoms with van der Waals surface area (Å²) >= 11 is 0. The van der Waals surface area contributed by atoms with Crippen molar-refractivity contribution in [2.45, 2.75) is 57.9 Å². The fourth-order valence-electron chi connectivity index (χ4n) is 4.95. The number of aromatic nitrogens is 4. The molecule has 1 amide bonds. The Morgan fingerprint density at radius 1 is 1.03 bits per heavy atom. The number of allylic oxidation sites excluding steroid dienone is 1. The monoisotopic (exact) mass is 500 g/mol. The standard InChI is InChI=1S/C28H36N8O/c1-20-17-29-28(33-24-18-30-36(19-24)25-11-13-35(2)14-12-25)34-27(20)32-23-10-6-9-22(16-23)31-26(37)15-21-7-4-3-5-8-21/h6,9-10,15-19,25H,3-5,7-8,11-14H2,1-2H3,(H,31,37)(H2,29,32,33,34). The average molecular weight is 501 g/mol. The number of piperidine rings is 1. The van der Waals surface area contributed by atoms with Gasteiger partial charge in [-0.2, -0.15) is 10.1 Å². The van der Waals surface area contributed by atoms with Gasteiger partial charge in [0.15, 0.2) is 0 Å². The summed E-state index contributed by atoms with van der Waals surface area (Å²) in [5.41, 5.74) is 4.61. The van der Waals surface area contributed by atoms with Gasteiger partial charge in [-0.05, 0) is 83.8 Å². The third-order valence-electron chi connectivity index (χ3n) is 7.12. The molecular formula is C28H36N8O. The van der Waals surface area contributed by atoms with Crippen LogP contribution in [0.2, 0.25) is 0 Å². The van der Waals surface area contributed by atoms with Gasteiger partial charge in [0, 0.05) is 35.4 Å². The van der Waals surface area contributed by atoms with Crippen molar-refractivity contribution in [2.75, 3.05) is 36.1 Å². The highest BCUT2D eigenvalue weighted by molar-refractivity contribution is 6.00. The van der Waals surface area contributed by atoms with E-state index < -0.39 is 0 Å². The van der Waals surface area contributed by atoms with Crippen LogP contribution in [0.1, 0.15) is 56.6 Å². The second-order valence-electron chi connectivity index (χ2n) is 10.2. The predicted octanol–water partition coefficient (Wildman–Crippen LogP) is 5.56. The first kappa shape index (κ1) is 25.0. The van der Waals surface area contributed by atoms with Crippen LogP contribution in [0.15, 0.2) is 54.5 Å². The van der Waals surface area contributed by atoms with Crippen molar-refractivity contribution < 1.29 is 4.79 Å². The molecule has 0 spiro atoms. The largest absolute Gasteiger partial charge is 0.340 e. The zero-order valence-corrected chi connectivity index (χ0v) is 21.7. The van der Waals surface area contributed by atoms with Crippen LogP contribution >= 0.6 is 0 Å². The summed E-state index contributed by atoms with van der Waals surface area (Å²) in [5.74, 6) is 1.13. The number of hydrogen-bond donors (Lipinski definition) is 3. The lowest BCUT2D eigenvalue weighted by atomic mass is 9.94. The molecule has 9 heteroatoms. The lowest BCUT2D eigenvalue weighted by Gasteiger charge is -2.28. The molecule has 3 N–H and O–H groups in total. The molecule has 0 atom stereocenters. The molecule has 0 radical (unpaired) electrons. The van der Waals surface area contributed by atoms with Gasteiger partial charge in [0.25, 0.3) is 0 Å². The highest BCUT2D eigenvalue weighted by Crippen LogP contribution is 2.26. The third-order valence-corrected chi connectivity index (χ3v) is 7.12. The Hall–Kier alpha value is -3.72. The molecule has 1 saturated heterocycles. The highest BCUT2D eigenvalue weighted by Gasteiger charge is 2.19. The summed E-state index contributed by atoms with van der Waals surface area (Å²) in [5, 5.41) is 14.2. The van der Waals surface area contributed by atoms with Gasteiger partial charge in [0.2, 0.25) is 11.9 Å². The summed E-state index contributed by atoms with van der Waals surface area (Å²) in [4.78, 5) is 24.0. The number of benzene rings is 1. The van der Waals surface area contributed by atoms with Gasteiger partial charge in [-0.1, -0.05) is 18.1 Å². The molecule has 2 fully saturated rings. The number of nitrogens with zero attached hydrogens (tertiary/aromatic N) is 5. The molecule has 5 rings (SSSR count). The Bertz CT molecular complexity index is 1250. The third kappa shape index (κ3) is 6.74. The van der Waals surface area contributed by atoms with E-state index in [0.717, 1.165) is 61.4 Å². The Kier molecular flexibility index (Phi) is 7.79. The van der Waals surface area contributed by atoms with Gasteiger partial charge in [-0.25, -0.2) is 4.98 Å². The minimum Gasteiger partial charge on any atom is -0.340 e. The number of rotatable bonds is 7. The fourth-order valence-corrected chi connectivity index (χ4v) is 4.95. The van der Waals surface area contributed by atoms with Crippen LogP contribution in [-0.4, -0.2) is 50.7 Å². The lowest BCUT2D eigenvalue weighted by molar-refractivity contribution is -0.112. The molecular weight excluding hydrogens is 464 g/mol. The van der Waals surface area contributed by atoms with E-state index in [2.05, 4.69) is 43.0 Å². The number of nitrogens with one attached hydrogen (secondary N) is 3. The molecule has 2 aliphatic rings. The number of likely N-dealkylation sites (tertiary alicyclic amines) is 1. The van der Waals surface area contributed by atoms with E-state index >= 15 is 0 Å². The molecule has 1 aliphatic heterocycles. The van der Waals surface area contributed by atoms with Crippen molar-refractivity contribution in [2.24, 2.45) is 0 Å². The molecule has 3 heterocycles. The zero-order chi connectivity index (χ0) is 25.6. The van der Waals surface area contributed by atoms with Gasteiger partial charge < -0.3 is 20.9 Å². The Morgan fingerprint density at radius 2 is 1.81 bits per heavy atom. The fraction of sp³-hybridized carbons (Fsp3) is 0.429. The molecule has 1 saturated carbocycles. The van der Waals surface area contributed by atoms with Crippen LogP contribution in [0.5, 0.6) is 0 Å². The number of carbonyl (C=O) groups excluding carboxylic acids is 1. The first-order valence-corrected chi connectivity index (χ1v) is 13.2. The van der Waals surface area contributed by atoms with E-state index in [-0.39, 0.29) is 5.91 Å². The van der Waals surface area contributed by atoms with Gasteiger partial charge in [-0.15, -0.1) is 0 Å². The predicted molar refractivity (Wildman–Crippen MR) is 148 cm³/mol. The maximum Gasteiger partial charge on any atom is 0.248 e. The minimum absolute atomic E-state index is 0.0699. The van der Waals surface area contributed by atoms with Crippen molar-refractivity contribution in [3.8, 4) is 0 Å². The number of anilines is 5. The molecule has 0 unspecified atom stereocenters. The minimum atomic E-state index is -0.0699. The van der Waals surface area contributed by atoms with Crippen LogP contribution in [0, 0.1) is 6.92 Å². The van der Waals surface area contributed by atoms with Crippen molar-refractivity contribution >= 4 is 34.7 Å². The molecule has 1 aromatic carbocycles. The average Bonchev–Trinajstić information content (AvgIpc) is 3.36. The van der Waals surface area contributed by atoms with Gasteiger partial charge >= 0.3 is 0 Å². The van der Waals surface area contributed by atoms with Crippen molar-refractivity contribution in [3.63, 3.8) is 0 Å². The van der Waals surface area contributed by atoms with E-state index in [9.17, 15) is 4.79 Å². The van der Waals surface area contributed by atoms with E-state index in [4.69, 9.17) is 0 Å². The van der Waals surface area contributed by atoms with Gasteiger partial charge in [0.05, 0.1) is 17.9 Å². The topological polar surface area (TPSA) is 100 Å². The van der Waals surface area contributed by atoms with Crippen LogP contribution in [0.25, 0.3) is 0 Å². The van der Waals surface area contributed by atoms with E-state index in [1.54, 1.807) is 12.3 Å². The first-order valence-electron chi connectivity index (χ1n) is 13.2. The Morgan fingerprint density at radius 3 is 2.62 bits per heavy atom. The van der Waals surface area contributed by atoms with E-state index in [1.165, 1.54) is 24.8 Å². The zero-order valence-electron chi connectivity index (χ0n) is 21.7. The van der Waals surface area contributed by atoms with Gasteiger partial charge in [0.1, 0.15) is 5.82 Å². The molecule has 1 aliphatic carbocycles. The van der Waals surface area contributed by atoms with E-state index in [1.807, 2.05) is 48.3 Å². The second kappa shape index (κ2) is 11.6. The van der Waals surface area contributed by atoms with Crippen molar-refractivity contribution in [1.82, 2.24) is 24.6 Å². The number of amides is 1. The Labute approximate surface area is 218 Å². The summed E-state index contributed by atoms with van der Waals surface area (Å²) in [6.07, 6.45) is 15.3. The molecule has 9 nitrogen and oxygen atoms in total. The van der Waals surface area contributed by atoms with Crippen LogP contribution < -0.4 is 16.0 Å². The molecule has 2 aromatic heterocycles. The van der Waals surface area contributed by atoms with E-state index in [0.29, 0.717) is 17.8 Å². The Balaban J connectivity index is 1.23. The highest BCUT2D eigenvalue weighted by atomic mass is 16.1. The SMILES string of the molecule is Cc1cnc(Nc2cnn(C3CCN(C)CC3)c2)nc1Nc1cccc(NC(=O)C=C2CCCCC2)c1. The van der Waals surface area contributed by atoms with Crippen LogP contribution in [0.4, 0.5) is 28.8 Å².